The molecule has 6 heteroatoms. The summed E-state index contributed by atoms with van der Waals surface area (Å²) in [4.78, 5) is 14.4. The summed E-state index contributed by atoms with van der Waals surface area (Å²) in [6, 6.07) is 20.9. The van der Waals surface area contributed by atoms with Gasteiger partial charge in [-0.3, -0.25) is 9.69 Å². The van der Waals surface area contributed by atoms with Gasteiger partial charge in [0.1, 0.15) is 11.6 Å². The van der Waals surface area contributed by atoms with Crippen molar-refractivity contribution in [2.75, 3.05) is 11.9 Å². The van der Waals surface area contributed by atoms with Crippen LogP contribution in [-0.4, -0.2) is 17.4 Å². The molecule has 0 bridgehead atoms. The van der Waals surface area contributed by atoms with Gasteiger partial charge in [0, 0.05) is 18.8 Å². The summed E-state index contributed by atoms with van der Waals surface area (Å²) in [5.41, 5.74) is 2.73. The SMILES string of the molecule is N#Cc1ccc(CN(CC(=O)Nc2ccc(F)cc2)Cc2cccc(F)c2)cc1. The van der Waals surface area contributed by atoms with E-state index in [0.717, 1.165) is 11.1 Å². The second-order valence-electron chi connectivity index (χ2n) is 6.64. The van der Waals surface area contributed by atoms with Gasteiger partial charge in [-0.25, -0.2) is 8.78 Å². The van der Waals surface area contributed by atoms with E-state index in [2.05, 4.69) is 11.4 Å². The highest BCUT2D eigenvalue weighted by Crippen LogP contribution is 2.13. The van der Waals surface area contributed by atoms with Crippen LogP contribution in [0, 0.1) is 23.0 Å². The molecule has 0 unspecified atom stereocenters. The van der Waals surface area contributed by atoms with Crippen LogP contribution in [0.5, 0.6) is 0 Å². The highest BCUT2D eigenvalue weighted by molar-refractivity contribution is 5.92. The molecule has 4 nitrogen and oxygen atoms in total. The zero-order valence-corrected chi connectivity index (χ0v) is 15.6. The first-order valence-electron chi connectivity index (χ1n) is 9.03. The molecule has 0 radical (unpaired) electrons. The van der Waals surface area contributed by atoms with Gasteiger partial charge in [0.05, 0.1) is 18.2 Å². The number of halogens is 2. The number of nitrogens with one attached hydrogen (secondary N) is 1. The number of nitrogens with zero attached hydrogens (tertiary/aromatic N) is 2. The van der Waals surface area contributed by atoms with Gasteiger partial charge in [-0.1, -0.05) is 24.3 Å². The topological polar surface area (TPSA) is 56.1 Å². The van der Waals surface area contributed by atoms with E-state index >= 15 is 0 Å². The Balaban J connectivity index is 1.72. The third kappa shape index (κ3) is 6.23. The molecule has 0 saturated heterocycles. The molecule has 0 atom stereocenters. The first-order valence-corrected chi connectivity index (χ1v) is 9.03. The van der Waals surface area contributed by atoms with Crippen LogP contribution < -0.4 is 5.32 Å². The van der Waals surface area contributed by atoms with Crippen molar-refractivity contribution < 1.29 is 13.6 Å². The zero-order chi connectivity index (χ0) is 20.6. The third-order valence-electron chi connectivity index (χ3n) is 4.28. The van der Waals surface area contributed by atoms with Crippen LogP contribution in [-0.2, 0) is 17.9 Å². The van der Waals surface area contributed by atoms with E-state index < -0.39 is 0 Å². The molecule has 0 saturated carbocycles. The predicted octanol–water partition coefficient (Wildman–Crippen LogP) is 4.48. The lowest BCUT2D eigenvalue weighted by molar-refractivity contribution is -0.117. The number of hydrogen-bond donors (Lipinski definition) is 1. The quantitative estimate of drug-likeness (QED) is 0.646. The molecule has 0 aromatic heterocycles. The van der Waals surface area contributed by atoms with Crippen LogP contribution in [0.2, 0.25) is 0 Å². The molecule has 3 aromatic carbocycles. The fourth-order valence-corrected chi connectivity index (χ4v) is 2.94. The summed E-state index contributed by atoms with van der Waals surface area (Å²) in [5.74, 6) is -0.977. The number of rotatable bonds is 7. The number of anilines is 1. The molecule has 1 N–H and O–H groups in total. The van der Waals surface area contributed by atoms with Gasteiger partial charge in [-0.2, -0.15) is 5.26 Å². The van der Waals surface area contributed by atoms with E-state index in [1.54, 1.807) is 24.3 Å². The van der Waals surface area contributed by atoms with E-state index in [1.165, 1.54) is 36.4 Å². The lowest BCUT2D eigenvalue weighted by Crippen LogP contribution is -2.32. The minimum absolute atomic E-state index is 0.0634. The Labute approximate surface area is 168 Å². The van der Waals surface area contributed by atoms with Gasteiger partial charge in [0.25, 0.3) is 0 Å². The second-order valence-corrected chi connectivity index (χ2v) is 6.64. The third-order valence-corrected chi connectivity index (χ3v) is 4.28. The number of carbonyl (C=O) groups excluding carboxylic acids is 1. The van der Waals surface area contributed by atoms with Crippen molar-refractivity contribution in [1.29, 1.82) is 5.26 Å². The van der Waals surface area contributed by atoms with Crippen LogP contribution in [0.1, 0.15) is 16.7 Å². The summed E-state index contributed by atoms with van der Waals surface area (Å²) in [5, 5.41) is 11.7. The molecule has 3 aromatic rings. The van der Waals surface area contributed by atoms with Crippen LogP contribution in [0.3, 0.4) is 0 Å². The Morgan fingerprint density at radius 2 is 1.59 bits per heavy atom. The van der Waals surface area contributed by atoms with Crippen molar-refractivity contribution in [2.24, 2.45) is 0 Å². The minimum atomic E-state index is -0.378. The molecule has 0 aliphatic heterocycles. The molecule has 29 heavy (non-hydrogen) atoms. The Hall–Kier alpha value is -3.56. The number of nitriles is 1. The van der Waals surface area contributed by atoms with E-state index in [4.69, 9.17) is 5.26 Å². The predicted molar refractivity (Wildman–Crippen MR) is 107 cm³/mol. The van der Waals surface area contributed by atoms with Crippen molar-refractivity contribution in [3.8, 4) is 6.07 Å². The number of amides is 1. The van der Waals surface area contributed by atoms with E-state index in [-0.39, 0.29) is 24.1 Å². The first-order chi connectivity index (χ1) is 14.0. The van der Waals surface area contributed by atoms with Gasteiger partial charge in [0.15, 0.2) is 0 Å². The largest absolute Gasteiger partial charge is 0.325 e. The zero-order valence-electron chi connectivity index (χ0n) is 15.6. The van der Waals surface area contributed by atoms with Gasteiger partial charge < -0.3 is 5.32 Å². The van der Waals surface area contributed by atoms with Gasteiger partial charge >= 0.3 is 0 Å². The highest BCUT2D eigenvalue weighted by Gasteiger charge is 2.13. The summed E-state index contributed by atoms with van der Waals surface area (Å²) < 4.78 is 26.6. The molecular formula is C23H19F2N3O. The molecule has 0 spiro atoms. The summed E-state index contributed by atoms with van der Waals surface area (Å²) in [6.07, 6.45) is 0. The van der Waals surface area contributed by atoms with Crippen LogP contribution in [0.4, 0.5) is 14.5 Å². The van der Waals surface area contributed by atoms with Crippen LogP contribution in [0.25, 0.3) is 0 Å². The number of benzene rings is 3. The molecule has 0 aliphatic carbocycles. The Morgan fingerprint density at radius 3 is 2.24 bits per heavy atom. The monoisotopic (exact) mass is 391 g/mol. The molecule has 1 amide bonds. The maximum Gasteiger partial charge on any atom is 0.238 e. The molecule has 0 fully saturated rings. The molecular weight excluding hydrogens is 372 g/mol. The lowest BCUT2D eigenvalue weighted by atomic mass is 10.1. The average Bonchev–Trinajstić information content (AvgIpc) is 2.70. The summed E-state index contributed by atoms with van der Waals surface area (Å²) in [6.45, 7) is 0.877. The maximum absolute atomic E-state index is 13.6. The number of carbonyl (C=O) groups is 1. The summed E-state index contributed by atoms with van der Waals surface area (Å²) >= 11 is 0. The normalized spacial score (nSPS) is 10.6. The number of hydrogen-bond acceptors (Lipinski definition) is 3. The van der Waals surface area contributed by atoms with Crippen molar-refractivity contribution in [3.05, 3.63) is 101 Å². The second kappa shape index (κ2) is 9.58. The van der Waals surface area contributed by atoms with E-state index in [0.29, 0.717) is 24.3 Å². The molecule has 146 valence electrons. The minimum Gasteiger partial charge on any atom is -0.325 e. The highest BCUT2D eigenvalue weighted by atomic mass is 19.1. The van der Waals surface area contributed by atoms with E-state index in [9.17, 15) is 13.6 Å². The Kier molecular flexibility index (Phi) is 6.67. The molecule has 0 heterocycles. The van der Waals surface area contributed by atoms with Gasteiger partial charge in [-0.05, 0) is 59.7 Å². The van der Waals surface area contributed by atoms with E-state index in [1.807, 2.05) is 17.0 Å². The van der Waals surface area contributed by atoms with Gasteiger partial charge in [-0.15, -0.1) is 0 Å². The van der Waals surface area contributed by atoms with Gasteiger partial charge in [0.2, 0.25) is 5.91 Å². The first kappa shape index (κ1) is 20.2. The summed E-state index contributed by atoms with van der Waals surface area (Å²) in [7, 11) is 0. The Morgan fingerprint density at radius 1 is 0.897 bits per heavy atom. The molecule has 0 aliphatic rings. The van der Waals surface area contributed by atoms with Crippen molar-refractivity contribution >= 4 is 11.6 Å². The van der Waals surface area contributed by atoms with Crippen molar-refractivity contribution in [1.82, 2.24) is 4.90 Å². The smallest absolute Gasteiger partial charge is 0.238 e. The van der Waals surface area contributed by atoms with Crippen LogP contribution in [0.15, 0.2) is 72.8 Å². The Bertz CT molecular complexity index is 1010. The fourth-order valence-electron chi connectivity index (χ4n) is 2.94. The lowest BCUT2D eigenvalue weighted by Gasteiger charge is -2.22. The van der Waals surface area contributed by atoms with Crippen molar-refractivity contribution in [2.45, 2.75) is 13.1 Å². The maximum atomic E-state index is 13.6. The standard InChI is InChI=1S/C23H19F2N3O/c24-20-8-10-22(11-9-20)27-23(29)16-28(15-19-2-1-3-21(25)12-19)14-18-6-4-17(13-26)5-7-18/h1-12H,14-16H2,(H,27,29). The fraction of sp³-hybridized carbons (Fsp3) is 0.130. The average molecular weight is 391 g/mol. The van der Waals surface area contributed by atoms with Crippen LogP contribution >= 0.6 is 0 Å². The van der Waals surface area contributed by atoms with Crippen molar-refractivity contribution in [3.63, 3.8) is 0 Å². The molecule has 3 rings (SSSR count).